The van der Waals surface area contributed by atoms with E-state index in [9.17, 15) is 0 Å². The molecule has 0 amide bonds. The maximum atomic E-state index is 5.64. The van der Waals surface area contributed by atoms with E-state index in [0.29, 0.717) is 6.61 Å². The van der Waals surface area contributed by atoms with Gasteiger partial charge in [-0.3, -0.25) is 11.3 Å². The number of hydrazine groups is 1. The Labute approximate surface area is 111 Å². The molecule has 3 N–H and O–H groups in total. The normalized spacial score (nSPS) is 12.3. The molecule has 96 valence electrons. The first-order chi connectivity index (χ1) is 8.88. The number of hydrogen-bond acceptors (Lipinski definition) is 5. The molecule has 0 bridgehead atoms. The van der Waals surface area contributed by atoms with Gasteiger partial charge in [-0.2, -0.15) is 0 Å². The zero-order chi connectivity index (χ0) is 12.6. The predicted octanol–water partition coefficient (Wildman–Crippen LogP) is 1.99. The smallest absolute Gasteiger partial charge is 0.119 e. The van der Waals surface area contributed by atoms with Crippen LogP contribution in [0.1, 0.15) is 11.4 Å². The number of aromatic nitrogens is 1. The third-order valence-electron chi connectivity index (χ3n) is 2.62. The number of ether oxygens (including phenoxy) is 1. The van der Waals surface area contributed by atoms with E-state index in [0.717, 1.165) is 23.6 Å². The Morgan fingerprint density at radius 3 is 2.83 bits per heavy atom. The van der Waals surface area contributed by atoms with Crippen molar-refractivity contribution in [2.75, 3.05) is 6.61 Å². The van der Waals surface area contributed by atoms with Crippen molar-refractivity contribution in [1.82, 2.24) is 10.4 Å². The van der Waals surface area contributed by atoms with Crippen LogP contribution in [0.5, 0.6) is 5.75 Å². The minimum atomic E-state index is 0.194. The number of nitrogens with two attached hydrogens (primary N) is 1. The second kappa shape index (κ2) is 7.10. The van der Waals surface area contributed by atoms with Crippen molar-refractivity contribution in [3.63, 3.8) is 0 Å². The highest BCUT2D eigenvalue weighted by Gasteiger charge is 2.09. The Kier molecular flexibility index (Phi) is 5.14. The Balaban J connectivity index is 1.74. The van der Waals surface area contributed by atoms with Crippen molar-refractivity contribution in [3.8, 4) is 5.75 Å². The van der Waals surface area contributed by atoms with Crippen molar-refractivity contribution in [2.24, 2.45) is 5.84 Å². The lowest BCUT2D eigenvalue weighted by Gasteiger charge is -2.14. The molecule has 4 nitrogen and oxygen atoms in total. The molecule has 0 radical (unpaired) electrons. The standard InChI is InChI=1S/C13H17N3OS/c14-16-11(10-13-15-7-9-18-13)6-8-17-12-4-2-1-3-5-12/h1-5,7,9,11,16H,6,8,10,14H2. The lowest BCUT2D eigenvalue weighted by molar-refractivity contribution is 0.285. The molecule has 0 aliphatic carbocycles. The number of hydrogen-bond donors (Lipinski definition) is 2. The van der Waals surface area contributed by atoms with Gasteiger partial charge in [-0.05, 0) is 18.6 Å². The fraction of sp³-hybridized carbons (Fsp3) is 0.308. The number of benzene rings is 1. The van der Waals surface area contributed by atoms with Crippen LogP contribution < -0.4 is 16.0 Å². The zero-order valence-electron chi connectivity index (χ0n) is 10.1. The molecule has 0 saturated heterocycles. The van der Waals surface area contributed by atoms with Crippen LogP contribution in [0.2, 0.25) is 0 Å². The molecule has 0 aliphatic heterocycles. The van der Waals surface area contributed by atoms with E-state index in [-0.39, 0.29) is 6.04 Å². The summed E-state index contributed by atoms with van der Waals surface area (Å²) in [6.45, 7) is 0.643. The summed E-state index contributed by atoms with van der Waals surface area (Å²) in [4.78, 5) is 4.25. The van der Waals surface area contributed by atoms with Crippen LogP contribution >= 0.6 is 11.3 Å². The molecule has 0 fully saturated rings. The molecule has 5 heteroatoms. The molecule has 2 aromatic rings. The van der Waals surface area contributed by atoms with Gasteiger partial charge in [0.2, 0.25) is 0 Å². The third kappa shape index (κ3) is 4.10. The summed E-state index contributed by atoms with van der Waals surface area (Å²) in [6.07, 6.45) is 3.51. The molecule has 18 heavy (non-hydrogen) atoms. The van der Waals surface area contributed by atoms with Gasteiger partial charge in [0.25, 0.3) is 0 Å². The molecular weight excluding hydrogens is 246 g/mol. The number of nitrogens with zero attached hydrogens (tertiary/aromatic N) is 1. The van der Waals surface area contributed by atoms with E-state index in [1.165, 1.54) is 0 Å². The van der Waals surface area contributed by atoms with E-state index in [1.54, 1.807) is 11.3 Å². The second-order valence-electron chi connectivity index (χ2n) is 3.94. The first-order valence-electron chi connectivity index (χ1n) is 5.91. The van der Waals surface area contributed by atoms with Crippen molar-refractivity contribution in [1.29, 1.82) is 0 Å². The molecule has 1 aromatic heterocycles. The molecule has 0 spiro atoms. The van der Waals surface area contributed by atoms with Crippen LogP contribution in [-0.4, -0.2) is 17.6 Å². The average molecular weight is 263 g/mol. The molecule has 1 aromatic carbocycles. The van der Waals surface area contributed by atoms with Crippen LogP contribution in [0, 0.1) is 0 Å². The van der Waals surface area contributed by atoms with E-state index in [4.69, 9.17) is 10.6 Å². The van der Waals surface area contributed by atoms with Gasteiger partial charge >= 0.3 is 0 Å². The summed E-state index contributed by atoms with van der Waals surface area (Å²) in [5.74, 6) is 6.43. The fourth-order valence-electron chi connectivity index (χ4n) is 1.64. The summed E-state index contributed by atoms with van der Waals surface area (Å²) in [7, 11) is 0. The van der Waals surface area contributed by atoms with Gasteiger partial charge in [0.1, 0.15) is 5.75 Å². The van der Waals surface area contributed by atoms with Crippen molar-refractivity contribution in [3.05, 3.63) is 46.9 Å². The highest BCUT2D eigenvalue weighted by atomic mass is 32.1. The summed E-state index contributed by atoms with van der Waals surface area (Å²) in [5, 5.41) is 3.07. The second-order valence-corrected chi connectivity index (χ2v) is 4.92. The van der Waals surface area contributed by atoms with Crippen molar-refractivity contribution < 1.29 is 4.74 Å². The van der Waals surface area contributed by atoms with E-state index < -0.39 is 0 Å². The summed E-state index contributed by atoms with van der Waals surface area (Å²) >= 11 is 1.65. The molecule has 1 unspecified atom stereocenters. The Hall–Kier alpha value is -1.43. The fourth-order valence-corrected chi connectivity index (χ4v) is 2.34. The zero-order valence-corrected chi connectivity index (χ0v) is 10.9. The lowest BCUT2D eigenvalue weighted by atomic mass is 10.1. The molecular formula is C13H17N3OS. The highest BCUT2D eigenvalue weighted by molar-refractivity contribution is 7.09. The first kappa shape index (κ1) is 13.0. The maximum Gasteiger partial charge on any atom is 0.119 e. The van der Waals surface area contributed by atoms with E-state index in [2.05, 4.69) is 10.4 Å². The van der Waals surface area contributed by atoms with E-state index >= 15 is 0 Å². The summed E-state index contributed by atoms with van der Waals surface area (Å²) in [6, 6.07) is 9.99. The molecule has 1 heterocycles. The number of para-hydroxylation sites is 1. The largest absolute Gasteiger partial charge is 0.494 e. The SMILES string of the molecule is NNC(CCOc1ccccc1)Cc1nccs1. The van der Waals surface area contributed by atoms with Gasteiger partial charge in [0, 0.05) is 24.0 Å². The first-order valence-corrected chi connectivity index (χ1v) is 6.79. The number of thiazole rings is 1. The lowest BCUT2D eigenvalue weighted by Crippen LogP contribution is -2.37. The van der Waals surface area contributed by atoms with Crippen LogP contribution in [-0.2, 0) is 6.42 Å². The minimum absolute atomic E-state index is 0.194. The van der Waals surface area contributed by atoms with Gasteiger partial charge < -0.3 is 4.74 Å². The van der Waals surface area contributed by atoms with Crippen LogP contribution in [0.4, 0.5) is 0 Å². The van der Waals surface area contributed by atoms with Gasteiger partial charge in [0.15, 0.2) is 0 Å². The van der Waals surface area contributed by atoms with Crippen molar-refractivity contribution in [2.45, 2.75) is 18.9 Å². The third-order valence-corrected chi connectivity index (χ3v) is 3.42. The van der Waals surface area contributed by atoms with Crippen molar-refractivity contribution >= 4 is 11.3 Å². The van der Waals surface area contributed by atoms with Crippen LogP contribution in [0.3, 0.4) is 0 Å². The molecule has 0 saturated carbocycles. The Bertz CT molecular complexity index is 433. The molecule has 0 aliphatic rings. The average Bonchev–Trinajstić information content (AvgIpc) is 2.92. The van der Waals surface area contributed by atoms with Gasteiger partial charge in [0.05, 0.1) is 11.6 Å². The predicted molar refractivity (Wildman–Crippen MR) is 73.5 cm³/mol. The van der Waals surface area contributed by atoms with Crippen LogP contribution in [0.15, 0.2) is 41.9 Å². The Morgan fingerprint density at radius 2 is 2.17 bits per heavy atom. The van der Waals surface area contributed by atoms with Gasteiger partial charge in [-0.25, -0.2) is 4.98 Å². The van der Waals surface area contributed by atoms with Crippen LogP contribution in [0.25, 0.3) is 0 Å². The summed E-state index contributed by atoms with van der Waals surface area (Å²) < 4.78 is 5.64. The Morgan fingerprint density at radius 1 is 1.33 bits per heavy atom. The van der Waals surface area contributed by atoms with E-state index in [1.807, 2.05) is 41.9 Å². The highest BCUT2D eigenvalue weighted by Crippen LogP contribution is 2.11. The van der Waals surface area contributed by atoms with Gasteiger partial charge in [-0.15, -0.1) is 11.3 Å². The summed E-state index contributed by atoms with van der Waals surface area (Å²) in [5.41, 5.74) is 2.81. The number of nitrogens with one attached hydrogen (secondary N) is 1. The monoisotopic (exact) mass is 263 g/mol. The maximum absolute atomic E-state index is 5.64. The number of rotatable bonds is 7. The minimum Gasteiger partial charge on any atom is -0.494 e. The van der Waals surface area contributed by atoms with Gasteiger partial charge in [-0.1, -0.05) is 18.2 Å². The molecule has 1 atom stereocenters. The quantitative estimate of drug-likeness (QED) is 0.592. The molecule has 2 rings (SSSR count). The topological polar surface area (TPSA) is 60.2 Å².